The molecule has 0 saturated heterocycles. The van der Waals surface area contributed by atoms with Crippen molar-refractivity contribution in [2.24, 2.45) is 0 Å². The quantitative estimate of drug-likeness (QED) is 0.819. The van der Waals surface area contributed by atoms with Crippen LogP contribution in [0, 0.1) is 11.3 Å². The highest BCUT2D eigenvalue weighted by Gasteiger charge is 2.17. The highest BCUT2D eigenvalue weighted by Crippen LogP contribution is 2.24. The maximum absolute atomic E-state index is 9.70. The number of aliphatic hydroxyl groups is 2. The van der Waals surface area contributed by atoms with Gasteiger partial charge in [-0.05, 0) is 35.4 Å². The smallest absolute Gasteiger partial charge is 0.170 e. The van der Waals surface area contributed by atoms with Gasteiger partial charge in [0.15, 0.2) is 6.10 Å². The van der Waals surface area contributed by atoms with E-state index in [-0.39, 0.29) is 0 Å². The Hall–Kier alpha value is -1.77. The molecule has 2 aromatic rings. The minimum atomic E-state index is -1.46. The molecule has 6 heteroatoms. The third-order valence-electron chi connectivity index (χ3n) is 3.04. The lowest BCUT2D eigenvalue weighted by Crippen LogP contribution is -2.15. The predicted octanol–water partition coefficient (Wildman–Crippen LogP) is 3.49. The Morgan fingerprint density at radius 3 is 2.32 bits per heavy atom. The fraction of sp³-hybridized carbons (Fsp3) is 0.188. The van der Waals surface area contributed by atoms with Crippen molar-refractivity contribution < 1.29 is 14.9 Å². The lowest BCUT2D eigenvalue weighted by molar-refractivity contribution is 0.0527. The Balaban J connectivity index is 1.99. The Kier molecular flexibility index (Phi) is 5.64. The van der Waals surface area contributed by atoms with Crippen molar-refractivity contribution in [3.8, 4) is 11.8 Å². The molecule has 0 aliphatic rings. The van der Waals surface area contributed by atoms with E-state index < -0.39 is 12.2 Å². The molecule has 2 unspecified atom stereocenters. The molecule has 2 atom stereocenters. The second-order valence-corrected chi connectivity index (χ2v) is 5.44. The first-order chi connectivity index (χ1) is 10.5. The number of nitrogens with zero attached hydrogens (tertiary/aromatic N) is 1. The lowest BCUT2D eigenvalue weighted by atomic mass is 10.1. The van der Waals surface area contributed by atoms with Gasteiger partial charge in [-0.2, -0.15) is 5.26 Å². The van der Waals surface area contributed by atoms with Gasteiger partial charge in [0.2, 0.25) is 0 Å². The SMILES string of the molecule is N#CC(O)C(O)c1ccc(OCc2ccc(Cl)c(Cl)c2)cc1. The van der Waals surface area contributed by atoms with E-state index in [9.17, 15) is 10.2 Å². The van der Waals surface area contributed by atoms with E-state index in [1.807, 2.05) is 6.07 Å². The first kappa shape index (κ1) is 16.6. The summed E-state index contributed by atoms with van der Waals surface area (Å²) in [4.78, 5) is 0. The van der Waals surface area contributed by atoms with Crippen LogP contribution in [0.15, 0.2) is 42.5 Å². The number of rotatable bonds is 5. The van der Waals surface area contributed by atoms with Crippen LogP contribution in [0.25, 0.3) is 0 Å². The van der Waals surface area contributed by atoms with E-state index >= 15 is 0 Å². The number of aliphatic hydroxyl groups excluding tert-OH is 2. The van der Waals surface area contributed by atoms with E-state index in [0.717, 1.165) is 5.56 Å². The molecule has 0 saturated carbocycles. The number of hydrogen-bond acceptors (Lipinski definition) is 4. The molecule has 0 aromatic heterocycles. The van der Waals surface area contributed by atoms with Crippen molar-refractivity contribution in [1.82, 2.24) is 0 Å². The Morgan fingerprint density at radius 2 is 1.73 bits per heavy atom. The van der Waals surface area contributed by atoms with Crippen LogP contribution in [0.5, 0.6) is 5.75 Å². The minimum Gasteiger partial charge on any atom is -0.489 e. The van der Waals surface area contributed by atoms with Crippen LogP contribution in [0.4, 0.5) is 0 Å². The van der Waals surface area contributed by atoms with Crippen molar-refractivity contribution in [2.45, 2.75) is 18.8 Å². The van der Waals surface area contributed by atoms with Crippen LogP contribution in [-0.2, 0) is 6.61 Å². The van der Waals surface area contributed by atoms with Crippen LogP contribution in [0.3, 0.4) is 0 Å². The number of nitriles is 1. The zero-order valence-corrected chi connectivity index (χ0v) is 12.9. The minimum absolute atomic E-state index is 0.319. The van der Waals surface area contributed by atoms with Gasteiger partial charge in [-0.3, -0.25) is 0 Å². The molecule has 0 spiro atoms. The van der Waals surface area contributed by atoms with E-state index in [4.69, 9.17) is 33.2 Å². The highest BCUT2D eigenvalue weighted by molar-refractivity contribution is 6.42. The van der Waals surface area contributed by atoms with Crippen molar-refractivity contribution in [2.75, 3.05) is 0 Å². The zero-order valence-electron chi connectivity index (χ0n) is 11.4. The van der Waals surface area contributed by atoms with Gasteiger partial charge in [0.05, 0.1) is 16.1 Å². The molecule has 0 bridgehead atoms. The van der Waals surface area contributed by atoms with Crippen LogP contribution in [-0.4, -0.2) is 16.3 Å². The lowest BCUT2D eigenvalue weighted by Gasteiger charge is -2.13. The molecule has 0 amide bonds. The number of ether oxygens (including phenoxy) is 1. The summed E-state index contributed by atoms with van der Waals surface area (Å²) in [5, 5.41) is 28.5. The maximum Gasteiger partial charge on any atom is 0.170 e. The number of halogens is 2. The van der Waals surface area contributed by atoms with Gasteiger partial charge in [-0.1, -0.05) is 41.4 Å². The molecule has 0 aliphatic heterocycles. The van der Waals surface area contributed by atoms with Crippen LogP contribution in [0.2, 0.25) is 10.0 Å². The first-order valence-electron chi connectivity index (χ1n) is 6.43. The predicted molar refractivity (Wildman–Crippen MR) is 83.8 cm³/mol. The summed E-state index contributed by atoms with van der Waals surface area (Å²) in [6.07, 6.45) is -2.70. The third-order valence-corrected chi connectivity index (χ3v) is 3.78. The van der Waals surface area contributed by atoms with E-state index in [1.54, 1.807) is 42.5 Å². The average Bonchev–Trinajstić information content (AvgIpc) is 2.55. The molecule has 2 N–H and O–H groups in total. The highest BCUT2D eigenvalue weighted by atomic mass is 35.5. The third kappa shape index (κ3) is 4.12. The normalized spacial score (nSPS) is 13.2. The molecular weight excluding hydrogens is 325 g/mol. The van der Waals surface area contributed by atoms with Gasteiger partial charge in [0.25, 0.3) is 0 Å². The summed E-state index contributed by atoms with van der Waals surface area (Å²) < 4.78 is 5.60. The van der Waals surface area contributed by atoms with Gasteiger partial charge < -0.3 is 14.9 Å². The van der Waals surface area contributed by atoms with E-state index in [1.165, 1.54) is 0 Å². The molecular formula is C16H13Cl2NO3. The summed E-state index contributed by atoms with van der Waals surface area (Å²) in [6.45, 7) is 0.319. The van der Waals surface area contributed by atoms with Crippen molar-refractivity contribution >= 4 is 23.2 Å². The Bertz CT molecular complexity index is 683. The standard InChI is InChI=1S/C16H13Cl2NO3/c17-13-6-1-10(7-14(13)18)9-22-12-4-2-11(3-5-12)16(21)15(20)8-19/h1-7,15-16,20-21H,9H2. The van der Waals surface area contributed by atoms with Crippen LogP contribution < -0.4 is 4.74 Å². The molecule has 0 radical (unpaired) electrons. The Morgan fingerprint density at radius 1 is 1.05 bits per heavy atom. The monoisotopic (exact) mass is 337 g/mol. The van der Waals surface area contributed by atoms with Gasteiger partial charge in [-0.25, -0.2) is 0 Å². The second kappa shape index (κ2) is 7.48. The van der Waals surface area contributed by atoms with Crippen LogP contribution in [0.1, 0.15) is 17.2 Å². The summed E-state index contributed by atoms with van der Waals surface area (Å²) >= 11 is 11.8. The molecule has 4 nitrogen and oxygen atoms in total. The van der Waals surface area contributed by atoms with Gasteiger partial charge in [-0.15, -0.1) is 0 Å². The summed E-state index contributed by atoms with van der Waals surface area (Å²) in [5.41, 5.74) is 1.31. The molecule has 0 fully saturated rings. The molecule has 0 heterocycles. The molecule has 0 aliphatic carbocycles. The summed E-state index contributed by atoms with van der Waals surface area (Å²) in [5.74, 6) is 0.591. The molecule has 114 valence electrons. The Labute approximate surface area is 138 Å². The van der Waals surface area contributed by atoms with Gasteiger partial charge in [0.1, 0.15) is 18.5 Å². The summed E-state index contributed by atoms with van der Waals surface area (Å²) in [6, 6.07) is 13.3. The zero-order chi connectivity index (χ0) is 16.1. The second-order valence-electron chi connectivity index (χ2n) is 4.62. The molecule has 2 rings (SSSR count). The van der Waals surface area contributed by atoms with Crippen LogP contribution >= 0.6 is 23.2 Å². The van der Waals surface area contributed by atoms with Crippen molar-refractivity contribution in [3.63, 3.8) is 0 Å². The van der Waals surface area contributed by atoms with E-state index in [2.05, 4.69) is 0 Å². The summed E-state index contributed by atoms with van der Waals surface area (Å²) in [7, 11) is 0. The molecule has 22 heavy (non-hydrogen) atoms. The topological polar surface area (TPSA) is 73.5 Å². The average molecular weight is 338 g/mol. The van der Waals surface area contributed by atoms with Gasteiger partial charge in [0, 0.05) is 0 Å². The van der Waals surface area contributed by atoms with E-state index in [0.29, 0.717) is 28.0 Å². The fourth-order valence-corrected chi connectivity index (χ4v) is 2.13. The largest absolute Gasteiger partial charge is 0.489 e. The fourth-order valence-electron chi connectivity index (χ4n) is 1.81. The van der Waals surface area contributed by atoms with Crippen molar-refractivity contribution in [3.05, 3.63) is 63.6 Å². The number of hydrogen-bond donors (Lipinski definition) is 2. The first-order valence-corrected chi connectivity index (χ1v) is 7.19. The maximum atomic E-state index is 9.70. The van der Waals surface area contributed by atoms with Crippen molar-refractivity contribution in [1.29, 1.82) is 5.26 Å². The van der Waals surface area contributed by atoms with Gasteiger partial charge >= 0.3 is 0 Å². The number of benzene rings is 2. The molecule has 2 aromatic carbocycles.